The van der Waals surface area contributed by atoms with E-state index in [1.807, 2.05) is 6.92 Å². The lowest BCUT2D eigenvalue weighted by molar-refractivity contribution is -0.172. The van der Waals surface area contributed by atoms with E-state index in [-0.39, 0.29) is 29.5 Å². The molecular weight excluding hydrogens is 555 g/mol. The lowest BCUT2D eigenvalue weighted by Crippen LogP contribution is -2.57. The fourth-order valence-electron chi connectivity index (χ4n) is 6.41. The maximum absolute atomic E-state index is 13.2. The molecule has 1 heterocycles. The minimum absolute atomic E-state index is 0.179. The van der Waals surface area contributed by atoms with Gasteiger partial charge in [-0.15, -0.1) is 0 Å². The Morgan fingerprint density at radius 1 is 0.955 bits per heavy atom. The molecule has 2 aromatic carbocycles. The summed E-state index contributed by atoms with van der Waals surface area (Å²) in [6.07, 6.45) is 10.2. The van der Waals surface area contributed by atoms with Crippen LogP contribution in [0, 0.1) is 16.6 Å². The molecule has 1 fully saturated rings. The van der Waals surface area contributed by atoms with Crippen LogP contribution in [0.1, 0.15) is 103 Å². The maximum atomic E-state index is 13.2. The summed E-state index contributed by atoms with van der Waals surface area (Å²) < 4.78 is 18.7. The van der Waals surface area contributed by atoms with Gasteiger partial charge in [0, 0.05) is 19.5 Å². The van der Waals surface area contributed by atoms with Crippen LogP contribution in [-0.2, 0) is 38.4 Å². The topological polar surface area (TPSA) is 75.7 Å². The minimum atomic E-state index is -0.734. The van der Waals surface area contributed by atoms with E-state index in [0.717, 1.165) is 18.4 Å². The van der Waals surface area contributed by atoms with E-state index < -0.39 is 11.5 Å². The Labute approximate surface area is 265 Å². The molecule has 244 valence electrons. The highest BCUT2D eigenvalue weighted by molar-refractivity contribution is 5.85. The number of piperidine rings is 1. The fourth-order valence-corrected chi connectivity index (χ4v) is 6.41. The van der Waals surface area contributed by atoms with Gasteiger partial charge in [-0.1, -0.05) is 77.4 Å². The van der Waals surface area contributed by atoms with Crippen LogP contribution >= 0.6 is 0 Å². The molecule has 1 aliphatic heterocycles. The van der Waals surface area contributed by atoms with Gasteiger partial charge in [-0.3, -0.25) is 14.4 Å². The number of ether oxygens (including phenoxy) is 1. The van der Waals surface area contributed by atoms with Gasteiger partial charge in [0.2, 0.25) is 12.3 Å². The van der Waals surface area contributed by atoms with Gasteiger partial charge in [0.25, 0.3) is 0 Å². The number of benzene rings is 2. The number of hydrogen-bond acceptors (Lipinski definition) is 4. The molecule has 2 aliphatic rings. The molecule has 1 saturated heterocycles. The van der Waals surface area contributed by atoms with Crippen molar-refractivity contribution >= 4 is 18.3 Å². The van der Waals surface area contributed by atoms with Crippen molar-refractivity contribution < 1.29 is 23.5 Å². The molecule has 2 aromatic rings. The average molecular weight is 611 g/mol. The molecule has 0 bridgehead atoms. The summed E-state index contributed by atoms with van der Waals surface area (Å²) in [5.41, 5.74) is 3.07. The lowest BCUT2D eigenvalue weighted by atomic mass is 9.57. The quantitative estimate of drug-likeness (QED) is 0.224. The highest BCUT2D eigenvalue weighted by Gasteiger charge is 2.54. The van der Waals surface area contributed by atoms with Gasteiger partial charge in [0.1, 0.15) is 11.9 Å². The van der Waals surface area contributed by atoms with Crippen molar-refractivity contribution in [1.82, 2.24) is 10.2 Å². The molecule has 6 nitrogen and oxygen atoms in total. The maximum Gasteiger partial charge on any atom is 0.312 e. The number of aryl methyl sites for hydroxylation is 2. The SMILES string of the molecule is CCC.CCOC(=O)C1(C(C)(CC)CC)CCN(C(=O)[C@@H](Cc2ccc(F)cc2)NC=O)CC1.c1ccc2c(c1)CCCC2. The first-order valence-electron chi connectivity index (χ1n) is 16.6. The van der Waals surface area contributed by atoms with E-state index in [1.54, 1.807) is 28.2 Å². The molecular formula is C37H55FN2O4. The predicted molar refractivity (Wildman–Crippen MR) is 176 cm³/mol. The van der Waals surface area contributed by atoms with Gasteiger partial charge in [0.15, 0.2) is 0 Å². The predicted octanol–water partition coefficient (Wildman–Crippen LogP) is 7.46. The molecule has 7 heteroatoms. The largest absolute Gasteiger partial charge is 0.466 e. The van der Waals surface area contributed by atoms with Crippen molar-refractivity contribution in [3.8, 4) is 0 Å². The van der Waals surface area contributed by atoms with Gasteiger partial charge < -0.3 is 15.0 Å². The van der Waals surface area contributed by atoms with Gasteiger partial charge in [-0.25, -0.2) is 4.39 Å². The number of hydrogen-bond donors (Lipinski definition) is 1. The number of nitrogens with one attached hydrogen (secondary N) is 1. The van der Waals surface area contributed by atoms with Gasteiger partial charge in [-0.2, -0.15) is 0 Å². The minimum Gasteiger partial charge on any atom is -0.466 e. The number of likely N-dealkylation sites (tertiary alicyclic amines) is 1. The molecule has 4 rings (SSSR count). The van der Waals surface area contributed by atoms with E-state index in [9.17, 15) is 18.8 Å². The standard InChI is InChI=1S/C24H35FN2O4.C10H12.C3H8/c1-5-23(4,6-2)24(22(30)31-7-3)12-14-27(15-13-24)21(29)20(26-17-28)16-18-8-10-19(25)11-9-18;1-2-6-10-8-4-3-7-9(10)5-1;1-3-2/h8-11,17,20H,5-7,12-16H2,1-4H3,(H,26,28);1-2,5-6H,3-4,7-8H2;3H2,1-2H3/t20-;;/m1../s1. The normalized spacial score (nSPS) is 16.1. The number of nitrogens with zero attached hydrogens (tertiary/aromatic N) is 1. The first-order valence-corrected chi connectivity index (χ1v) is 16.6. The van der Waals surface area contributed by atoms with Crippen LogP contribution in [0.25, 0.3) is 0 Å². The summed E-state index contributed by atoms with van der Waals surface area (Å²) in [5.74, 6) is -0.720. The van der Waals surface area contributed by atoms with Gasteiger partial charge >= 0.3 is 5.97 Å². The third-order valence-electron chi connectivity index (χ3n) is 9.49. The molecule has 0 radical (unpaired) electrons. The van der Waals surface area contributed by atoms with Crippen molar-refractivity contribution in [3.05, 3.63) is 71.0 Å². The summed E-state index contributed by atoms with van der Waals surface area (Å²) in [7, 11) is 0. The van der Waals surface area contributed by atoms with Gasteiger partial charge in [-0.05, 0) is 92.5 Å². The molecule has 0 spiro atoms. The Morgan fingerprint density at radius 3 is 1.93 bits per heavy atom. The third kappa shape index (κ3) is 9.64. The Morgan fingerprint density at radius 2 is 1.48 bits per heavy atom. The molecule has 2 amide bonds. The zero-order chi connectivity index (χ0) is 32.6. The van der Waals surface area contributed by atoms with E-state index in [2.05, 4.69) is 64.2 Å². The van der Waals surface area contributed by atoms with Crippen LogP contribution in [0.3, 0.4) is 0 Å². The van der Waals surface area contributed by atoms with E-state index in [1.165, 1.54) is 44.2 Å². The number of carbonyl (C=O) groups excluding carboxylic acids is 3. The van der Waals surface area contributed by atoms with Crippen LogP contribution in [0.15, 0.2) is 48.5 Å². The molecule has 1 aliphatic carbocycles. The lowest BCUT2D eigenvalue weighted by Gasteiger charge is -2.50. The summed E-state index contributed by atoms with van der Waals surface area (Å²) in [5, 5.41) is 2.60. The summed E-state index contributed by atoms with van der Waals surface area (Å²) in [6, 6.07) is 14.0. The van der Waals surface area contributed by atoms with E-state index in [4.69, 9.17) is 4.74 Å². The van der Waals surface area contributed by atoms with Crippen molar-refractivity contribution in [2.75, 3.05) is 19.7 Å². The highest BCUT2D eigenvalue weighted by atomic mass is 19.1. The number of fused-ring (bicyclic) bond motifs is 1. The Balaban J connectivity index is 0.000000425. The summed E-state index contributed by atoms with van der Waals surface area (Å²) in [4.78, 5) is 39.1. The molecule has 44 heavy (non-hydrogen) atoms. The van der Waals surface area contributed by atoms with Crippen molar-refractivity contribution in [2.24, 2.45) is 10.8 Å². The second kappa shape index (κ2) is 18.6. The summed E-state index contributed by atoms with van der Waals surface area (Å²) >= 11 is 0. The Hall–Kier alpha value is -3.22. The molecule has 0 saturated carbocycles. The molecule has 1 atom stereocenters. The van der Waals surface area contributed by atoms with Crippen LogP contribution in [0.2, 0.25) is 0 Å². The monoisotopic (exact) mass is 610 g/mol. The molecule has 0 unspecified atom stereocenters. The van der Waals surface area contributed by atoms with Crippen LogP contribution in [0.5, 0.6) is 0 Å². The second-order valence-corrected chi connectivity index (χ2v) is 12.2. The number of carbonyl (C=O) groups is 3. The van der Waals surface area contributed by atoms with Crippen molar-refractivity contribution in [2.45, 2.75) is 112 Å². The fraction of sp³-hybridized carbons (Fsp3) is 0.595. The first kappa shape index (κ1) is 37.0. The Kier molecular flexibility index (Phi) is 15.6. The smallest absolute Gasteiger partial charge is 0.312 e. The zero-order valence-electron chi connectivity index (χ0n) is 27.9. The number of halogens is 1. The second-order valence-electron chi connectivity index (χ2n) is 12.2. The van der Waals surface area contributed by atoms with E-state index in [0.29, 0.717) is 38.9 Å². The molecule has 0 aromatic heterocycles. The highest BCUT2D eigenvalue weighted by Crippen LogP contribution is 2.52. The number of esters is 1. The van der Waals surface area contributed by atoms with Crippen molar-refractivity contribution in [3.63, 3.8) is 0 Å². The number of amides is 2. The van der Waals surface area contributed by atoms with Crippen molar-refractivity contribution in [1.29, 1.82) is 0 Å². The average Bonchev–Trinajstić information content (AvgIpc) is 3.05. The molecule has 1 N–H and O–H groups in total. The summed E-state index contributed by atoms with van der Waals surface area (Å²) in [6.45, 7) is 13.6. The van der Waals surface area contributed by atoms with E-state index >= 15 is 0 Å². The first-order chi connectivity index (χ1) is 21.1. The van der Waals surface area contributed by atoms with Crippen LogP contribution in [0.4, 0.5) is 4.39 Å². The van der Waals surface area contributed by atoms with Crippen LogP contribution in [-0.4, -0.2) is 48.9 Å². The van der Waals surface area contributed by atoms with Gasteiger partial charge in [0.05, 0.1) is 12.0 Å². The zero-order valence-corrected chi connectivity index (χ0v) is 27.9. The Bertz CT molecular complexity index is 1130. The van der Waals surface area contributed by atoms with Crippen LogP contribution < -0.4 is 5.32 Å². The number of rotatable bonds is 10. The third-order valence-corrected chi connectivity index (χ3v) is 9.49.